The van der Waals surface area contributed by atoms with Gasteiger partial charge in [-0.2, -0.15) is 0 Å². The topological polar surface area (TPSA) is 58.9 Å². The van der Waals surface area contributed by atoms with Gasteiger partial charge in [0, 0.05) is 13.0 Å². The Morgan fingerprint density at radius 1 is 1.20 bits per heavy atom. The zero-order chi connectivity index (χ0) is 11.1. The summed E-state index contributed by atoms with van der Waals surface area (Å²) in [5.41, 5.74) is 0.779. The van der Waals surface area contributed by atoms with Crippen LogP contribution in [0.25, 0.3) is 0 Å². The fourth-order valence-electron chi connectivity index (χ4n) is 1.18. The van der Waals surface area contributed by atoms with Gasteiger partial charge in [0.25, 0.3) is 0 Å². The summed E-state index contributed by atoms with van der Waals surface area (Å²) in [5.74, 6) is 1.22. The smallest absolute Gasteiger partial charge is 0.161 e. The van der Waals surface area contributed by atoms with Gasteiger partial charge in [0.1, 0.15) is 0 Å². The predicted octanol–water partition coefficient (Wildman–Crippen LogP) is 0.949. The molecule has 0 amide bonds. The Balaban J connectivity index is 2.69. The lowest BCUT2D eigenvalue weighted by Crippen LogP contribution is -2.01. The van der Waals surface area contributed by atoms with E-state index in [0.29, 0.717) is 24.5 Å². The fourth-order valence-corrected chi connectivity index (χ4v) is 1.18. The molecular formula is C11H16O4. The molecule has 0 bridgehead atoms. The number of hydrogen-bond donors (Lipinski definition) is 2. The molecule has 1 aromatic rings. The van der Waals surface area contributed by atoms with Crippen molar-refractivity contribution in [3.8, 4) is 11.5 Å². The zero-order valence-electron chi connectivity index (χ0n) is 8.77. The molecular weight excluding hydrogens is 196 g/mol. The van der Waals surface area contributed by atoms with E-state index in [1.807, 2.05) is 0 Å². The number of benzene rings is 1. The van der Waals surface area contributed by atoms with Gasteiger partial charge < -0.3 is 19.7 Å². The summed E-state index contributed by atoms with van der Waals surface area (Å²) in [6, 6.07) is 5.26. The molecule has 1 aromatic carbocycles. The Labute approximate surface area is 89.1 Å². The summed E-state index contributed by atoms with van der Waals surface area (Å²) in [7, 11) is 1.55. The van der Waals surface area contributed by atoms with E-state index in [-0.39, 0.29) is 13.2 Å². The van der Waals surface area contributed by atoms with E-state index in [9.17, 15) is 0 Å². The van der Waals surface area contributed by atoms with Gasteiger partial charge in [-0.3, -0.25) is 0 Å². The zero-order valence-corrected chi connectivity index (χ0v) is 8.77. The summed E-state index contributed by atoms with van der Waals surface area (Å²) < 4.78 is 10.5. The number of aliphatic hydroxyl groups excluding tert-OH is 2. The molecule has 15 heavy (non-hydrogen) atoms. The van der Waals surface area contributed by atoms with Crippen LogP contribution in [0.3, 0.4) is 0 Å². The monoisotopic (exact) mass is 212 g/mol. The number of ether oxygens (including phenoxy) is 2. The lowest BCUT2D eigenvalue weighted by Gasteiger charge is -2.10. The maximum absolute atomic E-state index is 8.93. The van der Waals surface area contributed by atoms with Crippen LogP contribution in [0.4, 0.5) is 0 Å². The van der Waals surface area contributed by atoms with Crippen molar-refractivity contribution < 1.29 is 19.7 Å². The second-order valence-electron chi connectivity index (χ2n) is 3.07. The second-order valence-corrected chi connectivity index (χ2v) is 3.07. The van der Waals surface area contributed by atoms with Crippen LogP contribution in [0.2, 0.25) is 0 Å². The lowest BCUT2D eigenvalue weighted by atomic mass is 10.2. The highest BCUT2D eigenvalue weighted by atomic mass is 16.5. The average molecular weight is 212 g/mol. The van der Waals surface area contributed by atoms with Crippen molar-refractivity contribution in [2.45, 2.75) is 13.0 Å². The Bertz CT molecular complexity index is 299. The Morgan fingerprint density at radius 3 is 2.60 bits per heavy atom. The third-order valence-corrected chi connectivity index (χ3v) is 1.97. The quantitative estimate of drug-likeness (QED) is 0.689. The first-order chi connectivity index (χ1) is 7.31. The third-order valence-electron chi connectivity index (χ3n) is 1.97. The SMILES string of the molecule is COc1cc(CO)ccc1OCCCO. The van der Waals surface area contributed by atoms with Crippen LogP contribution in [0, 0.1) is 0 Å². The van der Waals surface area contributed by atoms with Gasteiger partial charge in [-0.1, -0.05) is 6.07 Å². The molecule has 0 heterocycles. The molecule has 0 aromatic heterocycles. The Kier molecular flexibility index (Phi) is 4.93. The minimum Gasteiger partial charge on any atom is -0.493 e. The Morgan fingerprint density at radius 2 is 2.00 bits per heavy atom. The van der Waals surface area contributed by atoms with E-state index < -0.39 is 0 Å². The van der Waals surface area contributed by atoms with Gasteiger partial charge in [-0.05, 0) is 17.7 Å². The van der Waals surface area contributed by atoms with E-state index in [0.717, 1.165) is 5.56 Å². The molecule has 0 aliphatic carbocycles. The molecule has 0 aliphatic rings. The number of hydrogen-bond acceptors (Lipinski definition) is 4. The first-order valence-electron chi connectivity index (χ1n) is 4.83. The first kappa shape index (κ1) is 11.8. The molecule has 0 saturated heterocycles. The lowest BCUT2D eigenvalue weighted by molar-refractivity contribution is 0.227. The molecule has 0 unspecified atom stereocenters. The van der Waals surface area contributed by atoms with Crippen LogP contribution in [0.1, 0.15) is 12.0 Å². The molecule has 0 radical (unpaired) electrons. The van der Waals surface area contributed by atoms with Gasteiger partial charge in [0.2, 0.25) is 0 Å². The average Bonchev–Trinajstić information content (AvgIpc) is 2.29. The summed E-state index contributed by atoms with van der Waals surface area (Å²) >= 11 is 0. The maximum Gasteiger partial charge on any atom is 0.161 e. The molecule has 0 spiro atoms. The van der Waals surface area contributed by atoms with Crippen molar-refractivity contribution in [2.24, 2.45) is 0 Å². The summed E-state index contributed by atoms with van der Waals surface area (Å²) in [4.78, 5) is 0. The first-order valence-corrected chi connectivity index (χ1v) is 4.83. The number of methoxy groups -OCH3 is 1. The highest BCUT2D eigenvalue weighted by molar-refractivity contribution is 5.42. The molecule has 0 fully saturated rings. The van der Waals surface area contributed by atoms with E-state index in [1.54, 1.807) is 25.3 Å². The molecule has 0 saturated carbocycles. The van der Waals surface area contributed by atoms with Crippen LogP contribution >= 0.6 is 0 Å². The maximum atomic E-state index is 8.93. The van der Waals surface area contributed by atoms with Crippen LogP contribution in [0.15, 0.2) is 18.2 Å². The molecule has 0 atom stereocenters. The largest absolute Gasteiger partial charge is 0.493 e. The van der Waals surface area contributed by atoms with Crippen molar-refractivity contribution in [1.82, 2.24) is 0 Å². The molecule has 4 heteroatoms. The standard InChI is InChI=1S/C11H16O4/c1-14-11-7-9(8-13)3-4-10(11)15-6-2-5-12/h3-4,7,12-13H,2,5-6,8H2,1H3. The van der Waals surface area contributed by atoms with Crippen molar-refractivity contribution in [2.75, 3.05) is 20.3 Å². The minimum atomic E-state index is -0.0206. The number of rotatable bonds is 6. The van der Waals surface area contributed by atoms with Crippen LogP contribution in [0.5, 0.6) is 11.5 Å². The summed E-state index contributed by atoms with van der Waals surface area (Å²) in [6.45, 7) is 0.537. The van der Waals surface area contributed by atoms with Crippen LogP contribution < -0.4 is 9.47 Å². The molecule has 1 rings (SSSR count). The predicted molar refractivity (Wildman–Crippen MR) is 56.1 cm³/mol. The summed E-state index contributed by atoms with van der Waals surface area (Å²) in [5, 5.41) is 17.5. The molecule has 2 N–H and O–H groups in total. The summed E-state index contributed by atoms with van der Waals surface area (Å²) in [6.07, 6.45) is 0.588. The second kappa shape index (κ2) is 6.27. The van der Waals surface area contributed by atoms with E-state index in [2.05, 4.69) is 0 Å². The Hall–Kier alpha value is -1.26. The molecule has 0 aliphatic heterocycles. The number of aliphatic hydroxyl groups is 2. The minimum absolute atomic E-state index is 0.0206. The van der Waals surface area contributed by atoms with Gasteiger partial charge in [0.15, 0.2) is 11.5 Å². The van der Waals surface area contributed by atoms with Crippen LogP contribution in [-0.2, 0) is 6.61 Å². The van der Waals surface area contributed by atoms with Crippen LogP contribution in [-0.4, -0.2) is 30.5 Å². The normalized spacial score (nSPS) is 10.1. The van der Waals surface area contributed by atoms with Crippen molar-refractivity contribution >= 4 is 0 Å². The van der Waals surface area contributed by atoms with Gasteiger partial charge >= 0.3 is 0 Å². The van der Waals surface area contributed by atoms with E-state index in [4.69, 9.17) is 19.7 Å². The van der Waals surface area contributed by atoms with Crippen molar-refractivity contribution in [3.63, 3.8) is 0 Å². The highest BCUT2D eigenvalue weighted by Crippen LogP contribution is 2.28. The van der Waals surface area contributed by atoms with E-state index in [1.165, 1.54) is 0 Å². The molecule has 84 valence electrons. The van der Waals surface area contributed by atoms with Gasteiger partial charge in [-0.15, -0.1) is 0 Å². The highest BCUT2D eigenvalue weighted by Gasteiger charge is 2.04. The third kappa shape index (κ3) is 3.42. The molecule has 4 nitrogen and oxygen atoms in total. The van der Waals surface area contributed by atoms with E-state index >= 15 is 0 Å². The van der Waals surface area contributed by atoms with Crippen molar-refractivity contribution in [1.29, 1.82) is 0 Å². The van der Waals surface area contributed by atoms with Gasteiger partial charge in [-0.25, -0.2) is 0 Å². The fraction of sp³-hybridized carbons (Fsp3) is 0.455. The van der Waals surface area contributed by atoms with Gasteiger partial charge in [0.05, 0.1) is 20.3 Å². The van der Waals surface area contributed by atoms with Crippen molar-refractivity contribution in [3.05, 3.63) is 23.8 Å².